The predicted molar refractivity (Wildman–Crippen MR) is 71.0 cm³/mol. The molecule has 5 nitrogen and oxygen atoms in total. The van der Waals surface area contributed by atoms with Crippen molar-refractivity contribution in [2.24, 2.45) is 0 Å². The molecule has 1 aromatic carbocycles. The second-order valence-corrected chi connectivity index (χ2v) is 4.94. The molecule has 0 heterocycles. The lowest BCUT2D eigenvalue weighted by Crippen LogP contribution is -2.48. The first-order valence-corrected chi connectivity index (χ1v) is 5.99. The second-order valence-electron chi connectivity index (χ2n) is 4.94. The number of aliphatic carboxylic acids is 1. The van der Waals surface area contributed by atoms with Gasteiger partial charge in [-0.2, -0.15) is 0 Å². The van der Waals surface area contributed by atoms with Crippen LogP contribution < -0.4 is 4.74 Å². The second kappa shape index (κ2) is 6.22. The van der Waals surface area contributed by atoms with Gasteiger partial charge in [-0.15, -0.1) is 0 Å². The van der Waals surface area contributed by atoms with Crippen LogP contribution >= 0.6 is 0 Å². The van der Waals surface area contributed by atoms with E-state index >= 15 is 0 Å². The molecule has 0 saturated heterocycles. The normalized spacial score (nSPS) is 10.9. The van der Waals surface area contributed by atoms with Gasteiger partial charge in [-0.25, -0.2) is 0 Å². The Kier molecular flexibility index (Phi) is 4.92. The quantitative estimate of drug-likeness (QED) is 0.851. The largest absolute Gasteiger partial charge is 0.484 e. The van der Waals surface area contributed by atoms with Crippen molar-refractivity contribution in [2.75, 3.05) is 13.7 Å². The summed E-state index contributed by atoms with van der Waals surface area (Å²) in [6, 6.07) is 9.01. The van der Waals surface area contributed by atoms with Gasteiger partial charge < -0.3 is 14.7 Å². The number of ether oxygens (including phenoxy) is 1. The van der Waals surface area contributed by atoms with Crippen LogP contribution in [0.1, 0.15) is 20.3 Å². The summed E-state index contributed by atoms with van der Waals surface area (Å²) in [5.41, 5.74) is -0.747. The third-order valence-corrected chi connectivity index (χ3v) is 2.97. The zero-order valence-corrected chi connectivity index (χ0v) is 11.4. The predicted octanol–water partition coefficient (Wildman–Crippen LogP) is 1.78. The van der Waals surface area contributed by atoms with Gasteiger partial charge in [0.15, 0.2) is 6.61 Å². The molecule has 0 radical (unpaired) electrons. The number of carboxylic acid groups (broad SMARTS) is 1. The number of carbonyl (C=O) groups excluding carboxylic acids is 1. The molecule has 19 heavy (non-hydrogen) atoms. The molecule has 0 aliphatic rings. The topological polar surface area (TPSA) is 66.8 Å². The summed E-state index contributed by atoms with van der Waals surface area (Å²) in [4.78, 5) is 24.1. The molecule has 0 bridgehead atoms. The Labute approximate surface area is 112 Å². The fourth-order valence-corrected chi connectivity index (χ4v) is 1.58. The lowest BCUT2D eigenvalue weighted by Gasteiger charge is -2.34. The fraction of sp³-hybridized carbons (Fsp3) is 0.429. The maximum absolute atomic E-state index is 12.0. The van der Waals surface area contributed by atoms with Crippen molar-refractivity contribution < 1.29 is 19.4 Å². The minimum atomic E-state index is -0.936. The van der Waals surface area contributed by atoms with E-state index < -0.39 is 11.5 Å². The minimum absolute atomic E-state index is 0.108. The monoisotopic (exact) mass is 265 g/mol. The van der Waals surface area contributed by atoms with Crippen molar-refractivity contribution in [3.8, 4) is 5.75 Å². The first kappa shape index (κ1) is 15.0. The van der Waals surface area contributed by atoms with Crippen molar-refractivity contribution >= 4 is 11.9 Å². The summed E-state index contributed by atoms with van der Waals surface area (Å²) in [6.45, 7) is 3.31. The molecule has 1 aromatic rings. The van der Waals surface area contributed by atoms with E-state index in [4.69, 9.17) is 9.84 Å². The maximum atomic E-state index is 12.0. The molecule has 1 N–H and O–H groups in total. The summed E-state index contributed by atoms with van der Waals surface area (Å²) in [5.74, 6) is -0.580. The van der Waals surface area contributed by atoms with Gasteiger partial charge in [0, 0.05) is 12.6 Å². The van der Waals surface area contributed by atoms with Crippen LogP contribution in [0.4, 0.5) is 0 Å². The van der Waals surface area contributed by atoms with Crippen LogP contribution in [0.15, 0.2) is 30.3 Å². The molecule has 0 aliphatic heterocycles. The summed E-state index contributed by atoms with van der Waals surface area (Å²) >= 11 is 0. The van der Waals surface area contributed by atoms with Gasteiger partial charge in [-0.1, -0.05) is 18.2 Å². The average Bonchev–Trinajstić information content (AvgIpc) is 2.34. The van der Waals surface area contributed by atoms with Crippen LogP contribution in [0, 0.1) is 0 Å². The third kappa shape index (κ3) is 4.62. The molecule has 1 amide bonds. The first-order valence-electron chi connectivity index (χ1n) is 5.99. The van der Waals surface area contributed by atoms with E-state index in [1.807, 2.05) is 18.2 Å². The Balaban J connectivity index is 2.55. The summed E-state index contributed by atoms with van der Waals surface area (Å²) in [7, 11) is 1.58. The Morgan fingerprint density at radius 3 is 2.37 bits per heavy atom. The van der Waals surface area contributed by atoms with E-state index in [0.717, 1.165) is 0 Å². The van der Waals surface area contributed by atoms with E-state index in [0.29, 0.717) is 5.75 Å². The van der Waals surface area contributed by atoms with Crippen molar-refractivity contribution in [1.82, 2.24) is 4.90 Å². The zero-order chi connectivity index (χ0) is 14.5. The SMILES string of the molecule is CN(C(=O)COc1ccccc1)C(C)(C)CC(=O)O. The van der Waals surface area contributed by atoms with E-state index in [9.17, 15) is 9.59 Å². The van der Waals surface area contributed by atoms with Gasteiger partial charge in [0.05, 0.1) is 6.42 Å². The molecule has 0 unspecified atom stereocenters. The number of hydrogen-bond acceptors (Lipinski definition) is 3. The fourth-order valence-electron chi connectivity index (χ4n) is 1.58. The van der Waals surface area contributed by atoms with Crippen molar-refractivity contribution in [2.45, 2.75) is 25.8 Å². The Morgan fingerprint density at radius 2 is 1.84 bits per heavy atom. The lowest BCUT2D eigenvalue weighted by atomic mass is 9.99. The van der Waals surface area contributed by atoms with Crippen LogP contribution in [0.3, 0.4) is 0 Å². The smallest absolute Gasteiger partial charge is 0.305 e. The molecule has 0 aliphatic carbocycles. The number of likely N-dealkylation sites (N-methyl/N-ethyl adjacent to an activating group) is 1. The third-order valence-electron chi connectivity index (χ3n) is 2.97. The van der Waals surface area contributed by atoms with E-state index in [1.54, 1.807) is 33.0 Å². The Bertz CT molecular complexity index is 442. The summed E-state index contributed by atoms with van der Waals surface area (Å²) < 4.78 is 5.35. The lowest BCUT2D eigenvalue weighted by molar-refractivity contribution is -0.143. The van der Waals surface area contributed by atoms with Gasteiger partial charge in [0.1, 0.15) is 5.75 Å². The number of para-hydroxylation sites is 1. The van der Waals surface area contributed by atoms with E-state index in [-0.39, 0.29) is 18.9 Å². The zero-order valence-electron chi connectivity index (χ0n) is 11.4. The molecule has 0 fully saturated rings. The molecule has 1 rings (SSSR count). The Hall–Kier alpha value is -2.04. The highest BCUT2D eigenvalue weighted by atomic mass is 16.5. The number of nitrogens with zero attached hydrogens (tertiary/aromatic N) is 1. The van der Waals surface area contributed by atoms with Crippen LogP contribution in [0.5, 0.6) is 5.75 Å². The van der Waals surface area contributed by atoms with Crippen LogP contribution in [0.2, 0.25) is 0 Å². The Morgan fingerprint density at radius 1 is 1.26 bits per heavy atom. The van der Waals surface area contributed by atoms with Crippen LogP contribution in [0.25, 0.3) is 0 Å². The molecule has 0 saturated carbocycles. The molecular weight excluding hydrogens is 246 g/mol. The van der Waals surface area contributed by atoms with Gasteiger partial charge >= 0.3 is 5.97 Å². The number of hydrogen-bond donors (Lipinski definition) is 1. The standard InChI is InChI=1S/C14H19NO4/c1-14(2,9-13(17)18)15(3)12(16)10-19-11-7-5-4-6-8-11/h4-8H,9-10H2,1-3H3,(H,17,18). The van der Waals surface area contributed by atoms with Crippen molar-refractivity contribution in [3.05, 3.63) is 30.3 Å². The van der Waals surface area contributed by atoms with Gasteiger partial charge in [-0.3, -0.25) is 9.59 Å². The highest BCUT2D eigenvalue weighted by molar-refractivity contribution is 5.79. The van der Waals surface area contributed by atoms with Gasteiger partial charge in [-0.05, 0) is 26.0 Å². The number of amides is 1. The van der Waals surface area contributed by atoms with Crippen LogP contribution in [-0.2, 0) is 9.59 Å². The first-order chi connectivity index (χ1) is 8.83. The average molecular weight is 265 g/mol. The molecular formula is C14H19NO4. The van der Waals surface area contributed by atoms with Crippen molar-refractivity contribution in [1.29, 1.82) is 0 Å². The highest BCUT2D eigenvalue weighted by Gasteiger charge is 2.30. The minimum Gasteiger partial charge on any atom is -0.484 e. The molecule has 5 heteroatoms. The van der Waals surface area contributed by atoms with Crippen LogP contribution in [-0.4, -0.2) is 41.1 Å². The maximum Gasteiger partial charge on any atom is 0.305 e. The molecule has 0 spiro atoms. The van der Waals surface area contributed by atoms with Gasteiger partial charge in [0.25, 0.3) is 5.91 Å². The number of carbonyl (C=O) groups is 2. The number of carboxylic acids is 1. The molecule has 0 aromatic heterocycles. The highest BCUT2D eigenvalue weighted by Crippen LogP contribution is 2.17. The van der Waals surface area contributed by atoms with Crippen molar-refractivity contribution in [3.63, 3.8) is 0 Å². The summed E-state index contributed by atoms with van der Waals surface area (Å²) in [6.07, 6.45) is -0.111. The number of benzene rings is 1. The van der Waals surface area contributed by atoms with E-state index in [1.165, 1.54) is 4.90 Å². The number of rotatable bonds is 6. The van der Waals surface area contributed by atoms with Gasteiger partial charge in [0.2, 0.25) is 0 Å². The molecule has 0 atom stereocenters. The summed E-state index contributed by atoms with van der Waals surface area (Å²) in [5, 5.41) is 8.82. The molecule has 104 valence electrons. The van der Waals surface area contributed by atoms with E-state index in [2.05, 4.69) is 0 Å².